The number of para-hydroxylation sites is 1. The highest BCUT2D eigenvalue weighted by molar-refractivity contribution is 7.92. The highest BCUT2D eigenvalue weighted by Gasteiger charge is 2.23. The molecule has 0 aliphatic carbocycles. The van der Waals surface area contributed by atoms with Crippen molar-refractivity contribution in [2.24, 2.45) is 0 Å². The van der Waals surface area contributed by atoms with Gasteiger partial charge in [0.05, 0.1) is 5.69 Å². The summed E-state index contributed by atoms with van der Waals surface area (Å²) >= 11 is 0. The minimum Gasteiger partial charge on any atom is -0.328 e. The Morgan fingerprint density at radius 1 is 1.16 bits per heavy atom. The van der Waals surface area contributed by atoms with Crippen molar-refractivity contribution in [3.63, 3.8) is 0 Å². The molecule has 5 nitrogen and oxygen atoms in total. The second kappa shape index (κ2) is 4.85. The topological polar surface area (TPSA) is 70.2 Å². The van der Waals surface area contributed by atoms with Gasteiger partial charge in [0.15, 0.2) is 0 Å². The molecular weight excluding hydrogens is 271 g/mol. The van der Waals surface area contributed by atoms with E-state index in [4.69, 9.17) is 0 Å². The molecule has 0 saturated heterocycles. The van der Waals surface area contributed by atoms with Crippen molar-refractivity contribution in [2.75, 3.05) is 11.4 Å². The van der Waals surface area contributed by atoms with Crippen LogP contribution in [-0.4, -0.2) is 20.4 Å². The Morgan fingerprint density at radius 2 is 1.84 bits per heavy atom. The lowest BCUT2D eigenvalue weighted by Gasteiger charge is -2.19. The third kappa shape index (κ3) is 2.50. The Bertz CT molecular complexity index is 735. The summed E-state index contributed by atoms with van der Waals surface area (Å²) in [5, 5.41) is 0. The van der Waals surface area contributed by atoms with Gasteiger partial charge in [0, 0.05) is 19.3 Å². The molecule has 0 fully saturated rings. The molecular formula is C12H11FN2O3S. The minimum atomic E-state index is -3.91. The van der Waals surface area contributed by atoms with Crippen molar-refractivity contribution in [3.05, 3.63) is 58.8 Å². The average Bonchev–Trinajstić information content (AvgIpc) is 2.39. The maximum Gasteiger partial charge on any atom is 0.265 e. The van der Waals surface area contributed by atoms with E-state index in [0.29, 0.717) is 0 Å². The third-order valence-corrected chi connectivity index (χ3v) is 4.37. The monoisotopic (exact) mass is 282 g/mol. The molecule has 0 spiro atoms. The summed E-state index contributed by atoms with van der Waals surface area (Å²) in [5.74, 6) is -0.641. The molecule has 0 saturated carbocycles. The number of hydrogen-bond donors (Lipinski definition) is 1. The van der Waals surface area contributed by atoms with Crippen molar-refractivity contribution >= 4 is 15.7 Å². The van der Waals surface area contributed by atoms with Crippen LogP contribution >= 0.6 is 0 Å². The summed E-state index contributed by atoms with van der Waals surface area (Å²) in [6.07, 6.45) is 1.08. The standard InChI is InChI=1S/C12H11FN2O3S/c1-15(11-5-3-2-4-10(11)13)19(17,18)9-6-7-12(16)14-8-9/h2-8H,1H3,(H,14,16). The largest absolute Gasteiger partial charge is 0.328 e. The zero-order valence-corrected chi connectivity index (χ0v) is 10.8. The lowest BCUT2D eigenvalue weighted by molar-refractivity contribution is 0.589. The third-order valence-electron chi connectivity index (χ3n) is 2.61. The van der Waals surface area contributed by atoms with E-state index in [1.807, 2.05) is 0 Å². The second-order valence-electron chi connectivity index (χ2n) is 3.81. The van der Waals surface area contributed by atoms with Crippen molar-refractivity contribution in [3.8, 4) is 0 Å². The zero-order chi connectivity index (χ0) is 14.0. The van der Waals surface area contributed by atoms with Crippen LogP contribution in [0.15, 0.2) is 52.3 Å². The zero-order valence-electron chi connectivity index (χ0n) is 10.00. The number of nitrogens with zero attached hydrogens (tertiary/aromatic N) is 1. The summed E-state index contributed by atoms with van der Waals surface area (Å²) in [4.78, 5) is 13.1. The lowest BCUT2D eigenvalue weighted by Crippen LogP contribution is -2.27. The molecule has 0 radical (unpaired) electrons. The quantitative estimate of drug-likeness (QED) is 0.923. The first kappa shape index (κ1) is 13.3. The van der Waals surface area contributed by atoms with Gasteiger partial charge in [-0.3, -0.25) is 9.10 Å². The number of halogens is 1. The summed E-state index contributed by atoms with van der Waals surface area (Å²) in [6.45, 7) is 0. The molecule has 0 bridgehead atoms. The Hall–Kier alpha value is -2.15. The molecule has 1 N–H and O–H groups in total. The predicted molar refractivity (Wildman–Crippen MR) is 69.1 cm³/mol. The molecule has 0 unspecified atom stereocenters. The van der Waals surface area contributed by atoms with Gasteiger partial charge in [0.25, 0.3) is 10.0 Å². The van der Waals surface area contributed by atoms with E-state index in [0.717, 1.165) is 16.6 Å². The van der Waals surface area contributed by atoms with Crippen molar-refractivity contribution in [1.29, 1.82) is 0 Å². The average molecular weight is 282 g/mol. The number of anilines is 1. The molecule has 2 rings (SSSR count). The first-order chi connectivity index (χ1) is 8.93. The first-order valence-electron chi connectivity index (χ1n) is 5.35. The molecule has 1 aromatic heterocycles. The summed E-state index contributed by atoms with van der Waals surface area (Å²) in [7, 11) is -2.66. The molecule has 2 aromatic rings. The first-order valence-corrected chi connectivity index (χ1v) is 6.79. The Balaban J connectivity index is 2.48. The second-order valence-corrected chi connectivity index (χ2v) is 5.78. The van der Waals surface area contributed by atoms with Gasteiger partial charge in [-0.05, 0) is 18.2 Å². The maximum absolute atomic E-state index is 13.6. The van der Waals surface area contributed by atoms with E-state index in [-0.39, 0.29) is 10.6 Å². The van der Waals surface area contributed by atoms with E-state index in [2.05, 4.69) is 4.98 Å². The van der Waals surface area contributed by atoms with Crippen molar-refractivity contribution in [1.82, 2.24) is 4.98 Å². The fourth-order valence-corrected chi connectivity index (χ4v) is 2.72. The van der Waals surface area contributed by atoms with Gasteiger partial charge in [-0.15, -0.1) is 0 Å². The number of rotatable bonds is 3. The van der Waals surface area contributed by atoms with E-state index in [1.165, 1.54) is 37.4 Å². The van der Waals surface area contributed by atoms with Gasteiger partial charge in [-0.25, -0.2) is 12.8 Å². The summed E-state index contributed by atoms with van der Waals surface area (Å²) in [5.41, 5.74) is -0.471. The summed E-state index contributed by atoms with van der Waals surface area (Å²) in [6, 6.07) is 7.82. The van der Waals surface area contributed by atoms with Crippen LogP contribution in [-0.2, 0) is 10.0 Å². The normalized spacial score (nSPS) is 11.3. The number of aromatic amines is 1. The number of aromatic nitrogens is 1. The van der Waals surface area contributed by atoms with Crippen LogP contribution in [0.2, 0.25) is 0 Å². The van der Waals surface area contributed by atoms with E-state index in [9.17, 15) is 17.6 Å². The molecule has 1 aromatic carbocycles. The Labute approximate surface area is 109 Å². The van der Waals surface area contributed by atoms with Gasteiger partial charge in [0.1, 0.15) is 10.7 Å². The molecule has 0 aliphatic heterocycles. The van der Waals surface area contributed by atoms with Crippen LogP contribution in [0.5, 0.6) is 0 Å². The molecule has 1 heterocycles. The Morgan fingerprint density at radius 3 is 2.42 bits per heavy atom. The van der Waals surface area contributed by atoms with E-state index in [1.54, 1.807) is 0 Å². The van der Waals surface area contributed by atoms with Crippen LogP contribution in [0.1, 0.15) is 0 Å². The van der Waals surface area contributed by atoms with Gasteiger partial charge >= 0.3 is 0 Å². The molecule has 0 atom stereocenters. The van der Waals surface area contributed by atoms with Gasteiger partial charge in [0.2, 0.25) is 5.56 Å². The molecule has 0 amide bonds. The molecule has 0 aliphatic rings. The lowest BCUT2D eigenvalue weighted by atomic mass is 10.3. The SMILES string of the molecule is CN(c1ccccc1F)S(=O)(=O)c1ccc(=O)[nH]c1. The van der Waals surface area contributed by atoms with Crippen LogP contribution in [0.4, 0.5) is 10.1 Å². The Kier molecular flexibility index (Phi) is 3.39. The number of hydrogen-bond acceptors (Lipinski definition) is 3. The fraction of sp³-hybridized carbons (Fsp3) is 0.0833. The van der Waals surface area contributed by atoms with Crippen LogP contribution < -0.4 is 9.86 Å². The van der Waals surface area contributed by atoms with Gasteiger partial charge in [-0.2, -0.15) is 0 Å². The van der Waals surface area contributed by atoms with E-state index < -0.39 is 21.4 Å². The minimum absolute atomic E-state index is 0.0614. The number of nitrogens with one attached hydrogen (secondary N) is 1. The van der Waals surface area contributed by atoms with Gasteiger partial charge < -0.3 is 4.98 Å². The molecule has 7 heteroatoms. The van der Waals surface area contributed by atoms with E-state index >= 15 is 0 Å². The fourth-order valence-electron chi connectivity index (χ4n) is 1.55. The number of pyridine rings is 1. The summed E-state index contributed by atoms with van der Waals surface area (Å²) < 4.78 is 38.9. The predicted octanol–water partition coefficient (Wildman–Crippen LogP) is 1.34. The van der Waals surface area contributed by atoms with Crippen LogP contribution in [0, 0.1) is 5.82 Å². The molecule has 19 heavy (non-hydrogen) atoms. The number of benzene rings is 1. The van der Waals surface area contributed by atoms with Crippen LogP contribution in [0.3, 0.4) is 0 Å². The van der Waals surface area contributed by atoms with Crippen molar-refractivity contribution < 1.29 is 12.8 Å². The smallest absolute Gasteiger partial charge is 0.265 e. The highest BCUT2D eigenvalue weighted by atomic mass is 32.2. The number of sulfonamides is 1. The van der Waals surface area contributed by atoms with Crippen molar-refractivity contribution in [2.45, 2.75) is 4.90 Å². The number of H-pyrrole nitrogens is 1. The maximum atomic E-state index is 13.6. The van der Waals surface area contributed by atoms with Crippen LogP contribution in [0.25, 0.3) is 0 Å². The molecule has 100 valence electrons. The van der Waals surface area contributed by atoms with Gasteiger partial charge in [-0.1, -0.05) is 12.1 Å². The highest BCUT2D eigenvalue weighted by Crippen LogP contribution is 2.23.